The Morgan fingerprint density at radius 1 is 1.23 bits per heavy atom. The number of ether oxygens (including phenoxy) is 2. The van der Waals surface area contributed by atoms with E-state index in [2.05, 4.69) is 35.3 Å². The third-order valence-corrected chi connectivity index (χ3v) is 6.00. The van der Waals surface area contributed by atoms with Gasteiger partial charge in [-0.25, -0.2) is 9.78 Å². The predicted molar refractivity (Wildman–Crippen MR) is 119 cm³/mol. The lowest BCUT2D eigenvalue weighted by molar-refractivity contribution is 0.0183. The molecule has 0 unspecified atom stereocenters. The number of nitrogens with one attached hydrogen (secondary N) is 1. The fraction of sp³-hybridized carbons (Fsp3) is 0.409. The first-order valence-corrected chi connectivity index (χ1v) is 11.1. The minimum Gasteiger partial charge on any atom is -0.435 e. The number of hydrogen-bond acceptors (Lipinski definition) is 8. The van der Waals surface area contributed by atoms with Gasteiger partial charge in [0.05, 0.1) is 12.0 Å². The van der Waals surface area contributed by atoms with Gasteiger partial charge < -0.3 is 19.7 Å². The zero-order chi connectivity index (χ0) is 20.9. The molecule has 30 heavy (non-hydrogen) atoms. The van der Waals surface area contributed by atoms with Crippen LogP contribution < -0.4 is 10.2 Å². The van der Waals surface area contributed by atoms with Gasteiger partial charge in [0.15, 0.2) is 0 Å². The fourth-order valence-corrected chi connectivity index (χ4v) is 4.42. The average Bonchev–Trinajstić information content (AvgIpc) is 3.13. The molecule has 1 fully saturated rings. The van der Waals surface area contributed by atoms with Crippen LogP contribution in [0.2, 0.25) is 0 Å². The van der Waals surface area contributed by atoms with Crippen molar-refractivity contribution < 1.29 is 14.3 Å². The lowest BCUT2D eigenvalue weighted by Gasteiger charge is -2.31. The molecule has 4 rings (SSSR count). The van der Waals surface area contributed by atoms with Gasteiger partial charge in [-0.1, -0.05) is 30.3 Å². The van der Waals surface area contributed by atoms with Gasteiger partial charge in [0.25, 0.3) is 0 Å². The molecule has 1 aliphatic heterocycles. The van der Waals surface area contributed by atoms with Gasteiger partial charge in [-0.05, 0) is 25.5 Å². The standard InChI is InChI=1S/C22H26N4O3S/c1-3-28-22(27)29-17-9-11-26(12-10-17)21-24-19(18-13-15(2)30-20(18)25-21)23-14-16-7-5-4-6-8-16/h4-8,13,17H,3,9-12,14H2,1-2H3,(H,23,24,25). The maximum atomic E-state index is 11.6. The zero-order valence-corrected chi connectivity index (χ0v) is 18.1. The highest BCUT2D eigenvalue weighted by Crippen LogP contribution is 2.31. The second kappa shape index (κ2) is 9.30. The smallest absolute Gasteiger partial charge is 0.435 e. The molecule has 158 valence electrons. The molecular weight excluding hydrogens is 400 g/mol. The van der Waals surface area contributed by atoms with Crippen molar-refractivity contribution in [2.45, 2.75) is 39.3 Å². The summed E-state index contributed by atoms with van der Waals surface area (Å²) in [5.74, 6) is 1.57. The fourth-order valence-electron chi connectivity index (χ4n) is 3.55. The van der Waals surface area contributed by atoms with Crippen molar-refractivity contribution in [3.63, 3.8) is 0 Å². The van der Waals surface area contributed by atoms with Crippen LogP contribution in [0.25, 0.3) is 10.2 Å². The molecule has 7 nitrogen and oxygen atoms in total. The summed E-state index contributed by atoms with van der Waals surface area (Å²) in [5, 5.41) is 4.54. The number of carbonyl (C=O) groups excluding carboxylic acids is 1. The highest BCUT2D eigenvalue weighted by Gasteiger charge is 2.25. The highest BCUT2D eigenvalue weighted by atomic mass is 32.1. The molecule has 3 heterocycles. The van der Waals surface area contributed by atoms with Crippen LogP contribution in [-0.4, -0.2) is 41.9 Å². The van der Waals surface area contributed by atoms with Crippen LogP contribution in [0.5, 0.6) is 0 Å². The van der Waals surface area contributed by atoms with Crippen LogP contribution in [0.1, 0.15) is 30.2 Å². The van der Waals surface area contributed by atoms with Gasteiger partial charge in [0, 0.05) is 37.4 Å². The van der Waals surface area contributed by atoms with Gasteiger partial charge in [-0.3, -0.25) is 0 Å². The predicted octanol–water partition coefficient (Wildman–Crippen LogP) is 4.75. The lowest BCUT2D eigenvalue weighted by atomic mass is 10.1. The normalized spacial score (nSPS) is 14.7. The van der Waals surface area contributed by atoms with Crippen LogP contribution in [0.3, 0.4) is 0 Å². The number of fused-ring (bicyclic) bond motifs is 1. The number of anilines is 2. The van der Waals surface area contributed by atoms with Crippen molar-refractivity contribution in [1.29, 1.82) is 0 Å². The van der Waals surface area contributed by atoms with Crippen molar-refractivity contribution in [3.05, 3.63) is 46.8 Å². The maximum Gasteiger partial charge on any atom is 0.508 e. The first-order valence-electron chi connectivity index (χ1n) is 10.3. The van der Waals surface area contributed by atoms with Gasteiger partial charge in [0.2, 0.25) is 5.95 Å². The Kier molecular flexibility index (Phi) is 6.32. The molecule has 3 aromatic rings. The van der Waals surface area contributed by atoms with Crippen molar-refractivity contribution >= 4 is 39.5 Å². The third kappa shape index (κ3) is 4.81. The van der Waals surface area contributed by atoms with E-state index in [1.54, 1.807) is 18.3 Å². The second-order valence-corrected chi connectivity index (χ2v) is 8.51. The van der Waals surface area contributed by atoms with E-state index in [9.17, 15) is 4.79 Å². The molecule has 1 aromatic carbocycles. The van der Waals surface area contributed by atoms with E-state index >= 15 is 0 Å². The molecule has 1 aliphatic rings. The summed E-state index contributed by atoms with van der Waals surface area (Å²) in [7, 11) is 0. The Balaban J connectivity index is 1.48. The minimum atomic E-state index is -0.588. The van der Waals surface area contributed by atoms with Gasteiger partial charge in [-0.15, -0.1) is 11.3 Å². The second-order valence-electron chi connectivity index (χ2n) is 7.27. The average molecular weight is 427 g/mol. The van der Waals surface area contributed by atoms with E-state index < -0.39 is 6.16 Å². The SMILES string of the molecule is CCOC(=O)OC1CCN(c2nc(NCc3ccccc3)c3cc(C)sc3n2)CC1. The summed E-state index contributed by atoms with van der Waals surface area (Å²) in [4.78, 5) is 25.6. The number of rotatable bonds is 6. The van der Waals surface area contributed by atoms with Crippen LogP contribution in [0.4, 0.5) is 16.6 Å². The Bertz CT molecular complexity index is 1000. The first kappa shape index (κ1) is 20.4. The Hall–Kier alpha value is -2.87. The van der Waals surface area contributed by atoms with Crippen molar-refractivity contribution in [2.24, 2.45) is 0 Å². The monoisotopic (exact) mass is 426 g/mol. The molecule has 0 aliphatic carbocycles. The summed E-state index contributed by atoms with van der Waals surface area (Å²) < 4.78 is 10.2. The van der Waals surface area contributed by atoms with Crippen molar-refractivity contribution in [3.8, 4) is 0 Å². The van der Waals surface area contributed by atoms with Gasteiger partial charge in [0.1, 0.15) is 16.8 Å². The number of thiophene rings is 1. The third-order valence-electron chi connectivity index (χ3n) is 5.06. The molecule has 1 N–H and O–H groups in total. The minimum absolute atomic E-state index is 0.122. The van der Waals surface area contributed by atoms with Crippen molar-refractivity contribution in [1.82, 2.24) is 9.97 Å². The van der Waals surface area contributed by atoms with Crippen LogP contribution in [-0.2, 0) is 16.0 Å². The number of aromatic nitrogens is 2. The summed E-state index contributed by atoms with van der Waals surface area (Å²) in [5.41, 5.74) is 1.20. The van der Waals surface area contributed by atoms with Crippen LogP contribution in [0.15, 0.2) is 36.4 Å². The quantitative estimate of drug-likeness (QED) is 0.570. The number of aryl methyl sites for hydroxylation is 1. The van der Waals surface area contributed by atoms with E-state index in [0.29, 0.717) is 13.2 Å². The van der Waals surface area contributed by atoms with Gasteiger partial charge in [-0.2, -0.15) is 4.98 Å². The van der Waals surface area contributed by atoms with E-state index in [1.807, 2.05) is 18.2 Å². The Morgan fingerprint density at radius 3 is 2.73 bits per heavy atom. The molecule has 0 saturated carbocycles. The molecule has 8 heteroatoms. The molecule has 0 radical (unpaired) electrons. The highest BCUT2D eigenvalue weighted by molar-refractivity contribution is 7.18. The summed E-state index contributed by atoms with van der Waals surface area (Å²) in [6, 6.07) is 12.4. The molecule has 0 amide bonds. The molecule has 0 bridgehead atoms. The van der Waals surface area contributed by atoms with Crippen LogP contribution >= 0.6 is 11.3 Å². The van der Waals surface area contributed by atoms with Gasteiger partial charge >= 0.3 is 6.16 Å². The van der Waals surface area contributed by atoms with Crippen LogP contribution in [0, 0.1) is 6.92 Å². The Labute approximate surface area is 180 Å². The largest absolute Gasteiger partial charge is 0.508 e. The number of carbonyl (C=O) groups is 1. The Morgan fingerprint density at radius 2 is 2.00 bits per heavy atom. The van der Waals surface area contributed by atoms with E-state index in [-0.39, 0.29) is 6.10 Å². The van der Waals surface area contributed by atoms with Crippen molar-refractivity contribution in [2.75, 3.05) is 29.9 Å². The topological polar surface area (TPSA) is 76.6 Å². The first-order chi connectivity index (χ1) is 14.6. The molecular formula is C22H26N4O3S. The number of piperidine rings is 1. The van der Waals surface area contributed by atoms with E-state index in [0.717, 1.165) is 47.9 Å². The molecule has 2 aromatic heterocycles. The number of benzene rings is 1. The molecule has 1 saturated heterocycles. The summed E-state index contributed by atoms with van der Waals surface area (Å²) >= 11 is 1.68. The summed E-state index contributed by atoms with van der Waals surface area (Å²) in [6.07, 6.45) is 0.756. The van der Waals surface area contributed by atoms with E-state index in [1.165, 1.54) is 10.4 Å². The number of hydrogen-bond donors (Lipinski definition) is 1. The number of nitrogens with zero attached hydrogens (tertiary/aromatic N) is 3. The maximum absolute atomic E-state index is 11.6. The molecule has 0 spiro atoms. The zero-order valence-electron chi connectivity index (χ0n) is 17.3. The van der Waals surface area contributed by atoms with E-state index in [4.69, 9.17) is 19.4 Å². The summed E-state index contributed by atoms with van der Waals surface area (Å²) in [6.45, 7) is 6.36. The lowest BCUT2D eigenvalue weighted by Crippen LogP contribution is -2.39. The molecule has 0 atom stereocenters.